The SMILES string of the molecule is Cn1c(N2CC[C@H](Nc3ccccc3)C2)nc(-c2ccncc2)cc1=O. The summed E-state index contributed by atoms with van der Waals surface area (Å²) in [6.07, 6.45) is 4.43. The highest BCUT2D eigenvalue weighted by atomic mass is 16.1. The third-order valence-electron chi connectivity index (χ3n) is 4.70. The largest absolute Gasteiger partial charge is 0.380 e. The Balaban J connectivity index is 1.58. The molecule has 1 atom stereocenters. The van der Waals surface area contributed by atoms with Crippen molar-refractivity contribution >= 4 is 11.6 Å². The molecule has 0 saturated carbocycles. The van der Waals surface area contributed by atoms with E-state index in [0.717, 1.165) is 30.8 Å². The molecular formula is C20H21N5O. The fraction of sp³-hybridized carbons (Fsp3) is 0.250. The summed E-state index contributed by atoms with van der Waals surface area (Å²) in [7, 11) is 1.78. The van der Waals surface area contributed by atoms with Gasteiger partial charge in [-0.1, -0.05) is 18.2 Å². The van der Waals surface area contributed by atoms with Crippen LogP contribution in [0.2, 0.25) is 0 Å². The maximum absolute atomic E-state index is 12.4. The van der Waals surface area contributed by atoms with Crippen LogP contribution in [0.5, 0.6) is 0 Å². The van der Waals surface area contributed by atoms with E-state index in [4.69, 9.17) is 4.98 Å². The lowest BCUT2D eigenvalue weighted by molar-refractivity contribution is 0.759. The Kier molecular flexibility index (Phi) is 4.39. The lowest BCUT2D eigenvalue weighted by Gasteiger charge is -2.21. The Bertz CT molecular complexity index is 939. The first-order chi connectivity index (χ1) is 12.7. The first-order valence-corrected chi connectivity index (χ1v) is 8.76. The molecule has 3 heterocycles. The molecule has 0 radical (unpaired) electrons. The van der Waals surface area contributed by atoms with Gasteiger partial charge in [0.2, 0.25) is 5.95 Å². The summed E-state index contributed by atoms with van der Waals surface area (Å²) in [4.78, 5) is 23.4. The molecular weight excluding hydrogens is 326 g/mol. The molecule has 1 saturated heterocycles. The highest BCUT2D eigenvalue weighted by Gasteiger charge is 2.25. The van der Waals surface area contributed by atoms with Crippen molar-refractivity contribution in [2.75, 3.05) is 23.3 Å². The lowest BCUT2D eigenvalue weighted by Crippen LogP contribution is -2.32. The zero-order valence-electron chi connectivity index (χ0n) is 14.7. The van der Waals surface area contributed by atoms with Gasteiger partial charge in [0.25, 0.3) is 5.56 Å². The first kappa shape index (κ1) is 16.3. The van der Waals surface area contributed by atoms with Crippen molar-refractivity contribution in [2.45, 2.75) is 12.5 Å². The minimum Gasteiger partial charge on any atom is -0.380 e. The van der Waals surface area contributed by atoms with E-state index >= 15 is 0 Å². The molecule has 0 aliphatic carbocycles. The second kappa shape index (κ2) is 7.00. The van der Waals surface area contributed by atoms with Gasteiger partial charge in [-0.3, -0.25) is 14.3 Å². The van der Waals surface area contributed by atoms with Crippen LogP contribution in [0, 0.1) is 0 Å². The lowest BCUT2D eigenvalue weighted by atomic mass is 10.2. The molecule has 3 aromatic rings. The Morgan fingerprint density at radius 2 is 1.88 bits per heavy atom. The molecule has 132 valence electrons. The number of pyridine rings is 1. The maximum atomic E-state index is 12.4. The molecule has 6 heteroatoms. The first-order valence-electron chi connectivity index (χ1n) is 8.76. The van der Waals surface area contributed by atoms with Crippen molar-refractivity contribution < 1.29 is 0 Å². The van der Waals surface area contributed by atoms with Crippen LogP contribution in [0.15, 0.2) is 65.7 Å². The number of nitrogens with zero attached hydrogens (tertiary/aromatic N) is 4. The van der Waals surface area contributed by atoms with Crippen LogP contribution in [0.4, 0.5) is 11.6 Å². The molecule has 0 bridgehead atoms. The summed E-state index contributed by atoms with van der Waals surface area (Å²) in [6.45, 7) is 1.68. The average Bonchev–Trinajstić information content (AvgIpc) is 3.13. The molecule has 1 N–H and O–H groups in total. The highest BCUT2D eigenvalue weighted by Crippen LogP contribution is 2.22. The monoisotopic (exact) mass is 347 g/mol. The average molecular weight is 347 g/mol. The van der Waals surface area contributed by atoms with Crippen molar-refractivity contribution in [3.8, 4) is 11.3 Å². The molecule has 26 heavy (non-hydrogen) atoms. The van der Waals surface area contributed by atoms with Gasteiger partial charge in [0, 0.05) is 55.9 Å². The number of rotatable bonds is 4. The summed E-state index contributed by atoms with van der Waals surface area (Å²) in [5.74, 6) is 0.710. The molecule has 1 fully saturated rings. The molecule has 2 aromatic heterocycles. The zero-order valence-corrected chi connectivity index (χ0v) is 14.7. The van der Waals surface area contributed by atoms with Crippen molar-refractivity contribution in [2.24, 2.45) is 7.05 Å². The van der Waals surface area contributed by atoms with Crippen molar-refractivity contribution in [3.63, 3.8) is 0 Å². The third kappa shape index (κ3) is 3.31. The molecule has 1 aromatic carbocycles. The number of aromatic nitrogens is 3. The number of benzene rings is 1. The van der Waals surface area contributed by atoms with Crippen molar-refractivity contribution in [3.05, 3.63) is 71.3 Å². The van der Waals surface area contributed by atoms with Crippen LogP contribution in [0.25, 0.3) is 11.3 Å². The Morgan fingerprint density at radius 1 is 1.12 bits per heavy atom. The Hall–Kier alpha value is -3.15. The van der Waals surface area contributed by atoms with Crippen LogP contribution >= 0.6 is 0 Å². The van der Waals surface area contributed by atoms with Gasteiger partial charge in [0.05, 0.1) is 5.69 Å². The number of hydrogen-bond donors (Lipinski definition) is 1. The summed E-state index contributed by atoms with van der Waals surface area (Å²) < 4.78 is 1.62. The second-order valence-electron chi connectivity index (χ2n) is 6.52. The summed E-state index contributed by atoms with van der Waals surface area (Å²) in [6, 6.07) is 15.9. The fourth-order valence-corrected chi connectivity index (χ4v) is 3.31. The predicted octanol–water partition coefficient (Wildman–Crippen LogP) is 2.53. The van der Waals surface area contributed by atoms with Gasteiger partial charge in [-0.05, 0) is 30.7 Å². The van der Waals surface area contributed by atoms with Crippen LogP contribution < -0.4 is 15.8 Å². The predicted molar refractivity (Wildman–Crippen MR) is 103 cm³/mol. The van der Waals surface area contributed by atoms with Gasteiger partial charge in [-0.25, -0.2) is 4.98 Å². The smallest absolute Gasteiger partial charge is 0.255 e. The minimum absolute atomic E-state index is 0.0544. The number of para-hydroxylation sites is 1. The second-order valence-corrected chi connectivity index (χ2v) is 6.52. The van der Waals surface area contributed by atoms with E-state index in [1.165, 1.54) is 0 Å². The van der Waals surface area contributed by atoms with Crippen LogP contribution in [0.3, 0.4) is 0 Å². The standard InChI is InChI=1S/C20H21N5O/c1-24-19(26)13-18(15-7-10-21-11-8-15)23-20(24)25-12-9-17(14-25)22-16-5-3-2-4-6-16/h2-8,10-11,13,17,22H,9,12,14H2,1H3/t17-/m0/s1. The number of nitrogens with one attached hydrogen (secondary N) is 1. The van der Waals surface area contributed by atoms with Gasteiger partial charge in [0.15, 0.2) is 0 Å². The minimum atomic E-state index is -0.0544. The highest BCUT2D eigenvalue weighted by molar-refractivity contribution is 5.59. The Labute approximate surface area is 152 Å². The summed E-state index contributed by atoms with van der Waals surface area (Å²) in [5.41, 5.74) is 2.65. The van der Waals surface area contributed by atoms with Crippen molar-refractivity contribution in [1.82, 2.24) is 14.5 Å². The Morgan fingerprint density at radius 3 is 2.65 bits per heavy atom. The third-order valence-corrected chi connectivity index (χ3v) is 4.70. The van der Waals surface area contributed by atoms with Gasteiger partial charge >= 0.3 is 0 Å². The quantitative estimate of drug-likeness (QED) is 0.786. The van der Waals surface area contributed by atoms with E-state index in [-0.39, 0.29) is 5.56 Å². The van der Waals surface area contributed by atoms with E-state index in [0.29, 0.717) is 17.7 Å². The van der Waals surface area contributed by atoms with E-state index in [1.807, 2.05) is 30.3 Å². The van der Waals surface area contributed by atoms with Crippen molar-refractivity contribution in [1.29, 1.82) is 0 Å². The van der Waals surface area contributed by atoms with Gasteiger partial charge in [-0.2, -0.15) is 0 Å². The molecule has 0 unspecified atom stereocenters. The zero-order chi connectivity index (χ0) is 17.9. The molecule has 4 rings (SSSR count). The van der Waals surface area contributed by atoms with Gasteiger partial charge in [-0.15, -0.1) is 0 Å². The van der Waals surface area contributed by atoms with E-state index in [1.54, 1.807) is 30.1 Å². The van der Waals surface area contributed by atoms with E-state index in [9.17, 15) is 4.79 Å². The molecule has 1 aliphatic heterocycles. The maximum Gasteiger partial charge on any atom is 0.255 e. The van der Waals surface area contributed by atoms with E-state index in [2.05, 4.69) is 27.3 Å². The molecule has 6 nitrogen and oxygen atoms in total. The van der Waals surface area contributed by atoms with Crippen LogP contribution in [0.1, 0.15) is 6.42 Å². The van der Waals surface area contributed by atoms with Gasteiger partial charge in [0.1, 0.15) is 0 Å². The topological polar surface area (TPSA) is 63.1 Å². The van der Waals surface area contributed by atoms with E-state index < -0.39 is 0 Å². The number of hydrogen-bond acceptors (Lipinski definition) is 5. The number of anilines is 2. The molecule has 0 amide bonds. The van der Waals surface area contributed by atoms with Gasteiger partial charge < -0.3 is 10.2 Å². The molecule has 1 aliphatic rings. The van der Waals surface area contributed by atoms with Crippen LogP contribution in [-0.2, 0) is 7.05 Å². The molecule has 0 spiro atoms. The van der Waals surface area contributed by atoms with Crippen LogP contribution in [-0.4, -0.2) is 33.7 Å². The normalized spacial score (nSPS) is 16.7. The fourth-order valence-electron chi connectivity index (χ4n) is 3.31. The summed E-state index contributed by atoms with van der Waals surface area (Å²) >= 11 is 0. The summed E-state index contributed by atoms with van der Waals surface area (Å²) in [5, 5.41) is 3.56.